The van der Waals surface area contributed by atoms with E-state index in [0.29, 0.717) is 47.4 Å². The Labute approximate surface area is 207 Å². The maximum atomic E-state index is 13.1. The highest BCUT2D eigenvalue weighted by atomic mass is 16.5. The summed E-state index contributed by atoms with van der Waals surface area (Å²) < 4.78 is 7.72. The molecule has 36 heavy (non-hydrogen) atoms. The monoisotopic (exact) mass is 485 g/mol. The number of hydrogen-bond donors (Lipinski definition) is 3. The second-order valence-electron chi connectivity index (χ2n) is 9.34. The summed E-state index contributed by atoms with van der Waals surface area (Å²) in [5.74, 6) is 0.148. The van der Waals surface area contributed by atoms with Gasteiger partial charge in [0.2, 0.25) is 0 Å². The fraction of sp³-hybridized carbons (Fsp3) is 0.308. The van der Waals surface area contributed by atoms with Gasteiger partial charge >= 0.3 is 0 Å². The highest BCUT2D eigenvalue weighted by Crippen LogP contribution is 2.33. The second-order valence-corrected chi connectivity index (χ2v) is 9.34. The number of benzene rings is 1. The van der Waals surface area contributed by atoms with E-state index < -0.39 is 0 Å². The van der Waals surface area contributed by atoms with Gasteiger partial charge in [-0.2, -0.15) is 5.10 Å². The minimum atomic E-state index is -0.249. The third-order valence-electron chi connectivity index (χ3n) is 6.90. The summed E-state index contributed by atoms with van der Waals surface area (Å²) in [4.78, 5) is 35.2. The van der Waals surface area contributed by atoms with Crippen molar-refractivity contribution >= 4 is 28.5 Å². The van der Waals surface area contributed by atoms with Crippen LogP contribution in [0, 0.1) is 0 Å². The SMILES string of the molecule is CN1CCC(n2cc(NC(=O)c3cnc4[nH]cc(-c5ccc6c(c5)OCCNC6=O)c4c3)cn2)CC1. The van der Waals surface area contributed by atoms with E-state index >= 15 is 0 Å². The molecule has 6 rings (SSSR count). The van der Waals surface area contributed by atoms with E-state index in [9.17, 15) is 9.59 Å². The van der Waals surface area contributed by atoms with E-state index in [2.05, 4.69) is 37.6 Å². The lowest BCUT2D eigenvalue weighted by Crippen LogP contribution is -2.31. The predicted octanol–water partition coefficient (Wildman–Crippen LogP) is 3.07. The number of carbonyl (C=O) groups excluding carboxylic acids is 2. The summed E-state index contributed by atoms with van der Waals surface area (Å²) in [6.07, 6.45) is 9.08. The third kappa shape index (κ3) is 4.20. The molecule has 1 aromatic carbocycles. The van der Waals surface area contributed by atoms with Crippen molar-refractivity contribution in [1.29, 1.82) is 0 Å². The van der Waals surface area contributed by atoms with Gasteiger partial charge in [0, 0.05) is 29.5 Å². The van der Waals surface area contributed by atoms with Crippen LogP contribution in [0.5, 0.6) is 5.75 Å². The molecule has 0 atom stereocenters. The van der Waals surface area contributed by atoms with E-state index in [1.54, 1.807) is 18.5 Å². The highest BCUT2D eigenvalue weighted by Gasteiger charge is 2.21. The number of pyridine rings is 1. The quantitative estimate of drug-likeness (QED) is 0.409. The Kier molecular flexibility index (Phi) is 5.65. The first kappa shape index (κ1) is 22.3. The van der Waals surface area contributed by atoms with Crippen molar-refractivity contribution in [3.8, 4) is 16.9 Å². The van der Waals surface area contributed by atoms with Gasteiger partial charge in [0.05, 0.1) is 35.6 Å². The molecule has 5 heterocycles. The number of ether oxygens (including phenoxy) is 1. The smallest absolute Gasteiger partial charge is 0.257 e. The summed E-state index contributed by atoms with van der Waals surface area (Å²) in [6, 6.07) is 7.66. The number of carbonyl (C=O) groups is 2. The van der Waals surface area contributed by atoms with Crippen LogP contribution in [-0.2, 0) is 0 Å². The molecule has 2 aliphatic rings. The molecule has 1 fully saturated rings. The Hall–Kier alpha value is -4.18. The Morgan fingerprint density at radius 1 is 1.17 bits per heavy atom. The molecule has 3 N–H and O–H groups in total. The van der Waals surface area contributed by atoms with Crippen LogP contribution in [0.3, 0.4) is 0 Å². The van der Waals surface area contributed by atoms with Gasteiger partial charge in [0.15, 0.2) is 0 Å². The molecule has 3 aromatic heterocycles. The van der Waals surface area contributed by atoms with Crippen LogP contribution in [0.2, 0.25) is 0 Å². The van der Waals surface area contributed by atoms with Crippen LogP contribution in [0.15, 0.2) is 49.1 Å². The lowest BCUT2D eigenvalue weighted by molar-refractivity contribution is 0.0956. The molecule has 0 aliphatic carbocycles. The number of rotatable bonds is 4. The van der Waals surface area contributed by atoms with Crippen molar-refractivity contribution in [2.24, 2.45) is 0 Å². The van der Waals surface area contributed by atoms with Crippen molar-refractivity contribution in [1.82, 2.24) is 30.0 Å². The summed E-state index contributed by atoms with van der Waals surface area (Å²) in [6.45, 7) is 2.96. The van der Waals surface area contributed by atoms with E-state index in [1.165, 1.54) is 0 Å². The molecule has 10 nitrogen and oxygen atoms in total. The number of amides is 2. The summed E-state index contributed by atoms with van der Waals surface area (Å²) >= 11 is 0. The van der Waals surface area contributed by atoms with Crippen molar-refractivity contribution in [2.75, 3.05) is 38.6 Å². The normalized spacial score (nSPS) is 16.8. The lowest BCUT2D eigenvalue weighted by Gasteiger charge is -2.28. The molecular formula is C26H27N7O3. The minimum absolute atomic E-state index is 0.146. The van der Waals surface area contributed by atoms with Gasteiger partial charge in [-0.1, -0.05) is 6.07 Å². The standard InChI is InChI=1S/C26H27N7O3/c1-32-7-4-19(5-8-32)33-15-18(13-30-33)31-25(34)17-10-21-22(14-29-24(21)28-12-17)16-2-3-20-23(11-16)36-9-6-27-26(20)35/h2-3,10-15,19H,4-9H2,1H3,(H,27,35)(H,28,29)(H,31,34). The second kappa shape index (κ2) is 9.12. The van der Waals surface area contributed by atoms with Crippen LogP contribution < -0.4 is 15.4 Å². The first-order valence-electron chi connectivity index (χ1n) is 12.1. The number of likely N-dealkylation sites (tertiary alicyclic amines) is 1. The maximum absolute atomic E-state index is 13.1. The predicted molar refractivity (Wildman–Crippen MR) is 135 cm³/mol. The third-order valence-corrected chi connectivity index (χ3v) is 6.90. The molecule has 0 radical (unpaired) electrons. The zero-order chi connectivity index (χ0) is 24.6. The van der Waals surface area contributed by atoms with E-state index in [0.717, 1.165) is 42.4 Å². The first-order chi connectivity index (χ1) is 17.5. The summed E-state index contributed by atoms with van der Waals surface area (Å²) in [7, 11) is 2.13. The average molecular weight is 486 g/mol. The number of nitrogens with zero attached hydrogens (tertiary/aromatic N) is 4. The topological polar surface area (TPSA) is 117 Å². The van der Waals surface area contributed by atoms with Crippen LogP contribution in [0.4, 0.5) is 5.69 Å². The number of anilines is 1. The fourth-order valence-corrected chi connectivity index (χ4v) is 4.85. The van der Waals surface area contributed by atoms with E-state index in [4.69, 9.17) is 4.74 Å². The number of H-pyrrole nitrogens is 1. The van der Waals surface area contributed by atoms with Crippen molar-refractivity contribution in [2.45, 2.75) is 18.9 Å². The maximum Gasteiger partial charge on any atom is 0.257 e. The van der Waals surface area contributed by atoms with Crippen LogP contribution in [0.1, 0.15) is 39.6 Å². The number of aromatic nitrogens is 4. The van der Waals surface area contributed by atoms with Gasteiger partial charge in [-0.15, -0.1) is 0 Å². The van der Waals surface area contributed by atoms with Crippen LogP contribution >= 0.6 is 0 Å². The van der Waals surface area contributed by atoms with E-state index in [1.807, 2.05) is 35.3 Å². The number of fused-ring (bicyclic) bond motifs is 2. The minimum Gasteiger partial charge on any atom is -0.491 e. The van der Waals surface area contributed by atoms with Crippen LogP contribution in [-0.4, -0.2) is 69.8 Å². The van der Waals surface area contributed by atoms with Crippen molar-refractivity contribution < 1.29 is 14.3 Å². The van der Waals surface area contributed by atoms with Gasteiger partial charge in [0.1, 0.15) is 18.0 Å². The molecule has 0 saturated carbocycles. The molecule has 2 aliphatic heterocycles. The van der Waals surface area contributed by atoms with E-state index in [-0.39, 0.29) is 11.8 Å². The van der Waals surface area contributed by atoms with Gasteiger partial charge in [0.25, 0.3) is 11.8 Å². The Balaban J connectivity index is 1.24. The zero-order valence-electron chi connectivity index (χ0n) is 20.0. The van der Waals surface area contributed by atoms with Gasteiger partial charge in [-0.3, -0.25) is 14.3 Å². The highest BCUT2D eigenvalue weighted by molar-refractivity contribution is 6.07. The Bertz CT molecular complexity index is 1450. The molecule has 0 bridgehead atoms. The Morgan fingerprint density at radius 3 is 2.89 bits per heavy atom. The molecule has 0 unspecified atom stereocenters. The zero-order valence-corrected chi connectivity index (χ0v) is 20.0. The number of piperidine rings is 1. The molecule has 0 spiro atoms. The molecule has 10 heteroatoms. The summed E-state index contributed by atoms with van der Waals surface area (Å²) in [5, 5.41) is 11.0. The molecule has 184 valence electrons. The van der Waals surface area contributed by atoms with Crippen molar-refractivity contribution in [3.63, 3.8) is 0 Å². The van der Waals surface area contributed by atoms with Crippen LogP contribution in [0.25, 0.3) is 22.2 Å². The number of nitrogens with one attached hydrogen (secondary N) is 3. The van der Waals surface area contributed by atoms with Gasteiger partial charge < -0.3 is 25.3 Å². The fourth-order valence-electron chi connectivity index (χ4n) is 4.85. The number of hydrogen-bond acceptors (Lipinski definition) is 6. The van der Waals surface area contributed by atoms with Crippen molar-refractivity contribution in [3.05, 3.63) is 60.2 Å². The molecule has 2 amide bonds. The molecule has 4 aromatic rings. The average Bonchev–Trinajstić information content (AvgIpc) is 3.49. The molecular weight excluding hydrogens is 458 g/mol. The lowest BCUT2D eigenvalue weighted by atomic mass is 10.0. The Morgan fingerprint density at radius 2 is 2.03 bits per heavy atom. The summed E-state index contributed by atoms with van der Waals surface area (Å²) in [5.41, 5.74) is 4.03. The molecule has 1 saturated heterocycles. The number of aromatic amines is 1. The van der Waals surface area contributed by atoms with Gasteiger partial charge in [-0.25, -0.2) is 4.98 Å². The largest absolute Gasteiger partial charge is 0.491 e. The van der Waals surface area contributed by atoms with Gasteiger partial charge in [-0.05, 0) is 56.7 Å². The first-order valence-corrected chi connectivity index (χ1v) is 12.1.